The highest BCUT2D eigenvalue weighted by Gasteiger charge is 2.18. The highest BCUT2D eigenvalue weighted by molar-refractivity contribution is 5.81. The molecule has 0 aromatic carbocycles. The number of amides is 1. The fourth-order valence-electron chi connectivity index (χ4n) is 0.858. The standard InChI is InChI=1S/C7H9N3O3/c1-3(6(8)12)4-5(11)7(13)10-2-9-4/h2-3,11H,1H3,(H2,8,12)(H,9,10,13). The van der Waals surface area contributed by atoms with E-state index in [-0.39, 0.29) is 5.69 Å². The van der Waals surface area contributed by atoms with Gasteiger partial charge in [0.2, 0.25) is 11.7 Å². The van der Waals surface area contributed by atoms with Crippen molar-refractivity contribution >= 4 is 5.91 Å². The molecule has 1 atom stereocenters. The van der Waals surface area contributed by atoms with E-state index in [4.69, 9.17) is 5.73 Å². The SMILES string of the molecule is CC(C(N)=O)c1nc[nH]c(=O)c1O. The van der Waals surface area contributed by atoms with Gasteiger partial charge in [-0.3, -0.25) is 9.59 Å². The summed E-state index contributed by atoms with van der Waals surface area (Å²) in [6.45, 7) is 1.46. The van der Waals surface area contributed by atoms with E-state index in [9.17, 15) is 14.7 Å². The normalized spacial score (nSPS) is 12.4. The fourth-order valence-corrected chi connectivity index (χ4v) is 0.858. The zero-order valence-corrected chi connectivity index (χ0v) is 6.94. The number of hydrogen-bond donors (Lipinski definition) is 3. The average molecular weight is 183 g/mol. The van der Waals surface area contributed by atoms with Crippen molar-refractivity contribution in [1.82, 2.24) is 9.97 Å². The van der Waals surface area contributed by atoms with Gasteiger partial charge in [0.05, 0.1) is 12.2 Å². The van der Waals surface area contributed by atoms with Crippen LogP contribution < -0.4 is 11.3 Å². The highest BCUT2D eigenvalue weighted by Crippen LogP contribution is 2.17. The van der Waals surface area contributed by atoms with Crippen molar-refractivity contribution in [2.24, 2.45) is 5.73 Å². The van der Waals surface area contributed by atoms with E-state index in [1.807, 2.05) is 0 Å². The highest BCUT2D eigenvalue weighted by atomic mass is 16.3. The monoisotopic (exact) mass is 183 g/mol. The molecule has 1 unspecified atom stereocenters. The van der Waals surface area contributed by atoms with Crippen LogP contribution in [-0.2, 0) is 4.79 Å². The summed E-state index contributed by atoms with van der Waals surface area (Å²) < 4.78 is 0. The Hall–Kier alpha value is -1.85. The zero-order chi connectivity index (χ0) is 10.0. The summed E-state index contributed by atoms with van der Waals surface area (Å²) in [7, 11) is 0. The number of nitrogens with one attached hydrogen (secondary N) is 1. The number of H-pyrrole nitrogens is 1. The van der Waals surface area contributed by atoms with Crippen molar-refractivity contribution in [1.29, 1.82) is 0 Å². The molecule has 6 heteroatoms. The van der Waals surface area contributed by atoms with Gasteiger partial charge in [0, 0.05) is 0 Å². The van der Waals surface area contributed by atoms with Gasteiger partial charge in [0.25, 0.3) is 5.56 Å². The summed E-state index contributed by atoms with van der Waals surface area (Å²) in [4.78, 5) is 27.4. The van der Waals surface area contributed by atoms with Gasteiger partial charge < -0.3 is 15.8 Å². The molecular weight excluding hydrogens is 174 g/mol. The molecule has 0 saturated heterocycles. The second-order valence-electron chi connectivity index (χ2n) is 2.59. The quantitative estimate of drug-likeness (QED) is 0.549. The number of carbonyl (C=O) groups is 1. The van der Waals surface area contributed by atoms with Gasteiger partial charge in [0.15, 0.2) is 0 Å². The summed E-state index contributed by atoms with van der Waals surface area (Å²) in [5, 5.41) is 9.20. The largest absolute Gasteiger partial charge is 0.502 e. The smallest absolute Gasteiger partial charge is 0.293 e. The van der Waals surface area contributed by atoms with Crippen LogP contribution in [0.3, 0.4) is 0 Å². The van der Waals surface area contributed by atoms with Crippen LogP contribution in [0, 0.1) is 0 Å². The van der Waals surface area contributed by atoms with Gasteiger partial charge in [-0.1, -0.05) is 0 Å². The van der Waals surface area contributed by atoms with Crippen LogP contribution in [0.4, 0.5) is 0 Å². The topological polar surface area (TPSA) is 109 Å². The first-order valence-electron chi connectivity index (χ1n) is 3.60. The molecule has 0 fully saturated rings. The van der Waals surface area contributed by atoms with Crippen LogP contribution in [0.1, 0.15) is 18.5 Å². The Balaban J connectivity index is 3.23. The number of carbonyl (C=O) groups excluding carboxylic acids is 1. The Kier molecular flexibility index (Phi) is 2.32. The lowest BCUT2D eigenvalue weighted by Gasteiger charge is -2.06. The number of hydrogen-bond acceptors (Lipinski definition) is 4. The van der Waals surface area contributed by atoms with Crippen LogP contribution in [0.15, 0.2) is 11.1 Å². The van der Waals surface area contributed by atoms with Gasteiger partial charge in [-0.15, -0.1) is 0 Å². The summed E-state index contributed by atoms with van der Waals surface area (Å²) in [5.41, 5.74) is 4.30. The van der Waals surface area contributed by atoms with Crippen molar-refractivity contribution in [2.45, 2.75) is 12.8 Å². The number of aromatic amines is 1. The molecule has 0 radical (unpaired) electrons. The van der Waals surface area contributed by atoms with Crippen molar-refractivity contribution in [3.63, 3.8) is 0 Å². The molecule has 13 heavy (non-hydrogen) atoms. The molecular formula is C7H9N3O3. The molecule has 1 amide bonds. The average Bonchev–Trinajstić information content (AvgIpc) is 2.08. The second-order valence-corrected chi connectivity index (χ2v) is 2.59. The summed E-state index contributed by atoms with van der Waals surface area (Å²) in [6.07, 6.45) is 1.11. The second kappa shape index (κ2) is 3.26. The van der Waals surface area contributed by atoms with Gasteiger partial charge in [-0.05, 0) is 6.92 Å². The Morgan fingerprint density at radius 3 is 2.92 bits per heavy atom. The minimum atomic E-state index is -0.776. The van der Waals surface area contributed by atoms with E-state index in [1.165, 1.54) is 6.92 Å². The van der Waals surface area contributed by atoms with E-state index < -0.39 is 23.1 Å². The van der Waals surface area contributed by atoms with Crippen molar-refractivity contribution < 1.29 is 9.90 Å². The first-order valence-corrected chi connectivity index (χ1v) is 3.60. The molecule has 70 valence electrons. The predicted octanol–water partition coefficient (Wildman–Crippen LogP) is -0.936. The number of aromatic hydroxyl groups is 1. The Morgan fingerprint density at radius 2 is 2.38 bits per heavy atom. The number of rotatable bonds is 2. The summed E-state index contributed by atoms with van der Waals surface area (Å²) >= 11 is 0. The van der Waals surface area contributed by atoms with Crippen LogP contribution in [0.2, 0.25) is 0 Å². The third kappa shape index (κ3) is 1.66. The molecule has 0 aliphatic carbocycles. The first kappa shape index (κ1) is 9.24. The lowest BCUT2D eigenvalue weighted by Crippen LogP contribution is -2.22. The molecule has 0 spiro atoms. The van der Waals surface area contributed by atoms with Gasteiger partial charge in [0.1, 0.15) is 5.69 Å². The van der Waals surface area contributed by atoms with Crippen molar-refractivity contribution in [3.8, 4) is 5.75 Å². The van der Waals surface area contributed by atoms with E-state index in [0.29, 0.717) is 0 Å². The lowest BCUT2D eigenvalue weighted by molar-refractivity contribution is -0.119. The Morgan fingerprint density at radius 1 is 1.77 bits per heavy atom. The van der Waals surface area contributed by atoms with Crippen molar-refractivity contribution in [3.05, 3.63) is 22.4 Å². The maximum Gasteiger partial charge on any atom is 0.293 e. The number of primary amides is 1. The van der Waals surface area contributed by atoms with Crippen molar-refractivity contribution in [2.75, 3.05) is 0 Å². The molecule has 0 saturated carbocycles. The third-order valence-electron chi connectivity index (χ3n) is 1.69. The maximum atomic E-state index is 10.9. The van der Waals surface area contributed by atoms with E-state index >= 15 is 0 Å². The minimum Gasteiger partial charge on any atom is -0.502 e. The number of aromatic nitrogens is 2. The fraction of sp³-hybridized carbons (Fsp3) is 0.286. The molecule has 0 bridgehead atoms. The molecule has 1 heterocycles. The van der Waals surface area contributed by atoms with Crippen LogP contribution >= 0.6 is 0 Å². The number of nitrogens with two attached hydrogens (primary N) is 1. The zero-order valence-electron chi connectivity index (χ0n) is 6.94. The Labute approximate surface area is 73.4 Å². The number of nitrogens with zero attached hydrogens (tertiary/aromatic N) is 1. The minimum absolute atomic E-state index is 0.00347. The van der Waals surface area contributed by atoms with Crippen LogP contribution in [0.5, 0.6) is 5.75 Å². The summed E-state index contributed by atoms with van der Waals surface area (Å²) in [5.74, 6) is -1.98. The first-order chi connectivity index (χ1) is 6.04. The van der Waals surface area contributed by atoms with E-state index in [1.54, 1.807) is 0 Å². The predicted molar refractivity (Wildman–Crippen MR) is 44.1 cm³/mol. The Bertz CT molecular complexity index is 385. The van der Waals surface area contributed by atoms with Gasteiger partial charge in [-0.2, -0.15) is 0 Å². The van der Waals surface area contributed by atoms with Gasteiger partial charge in [-0.25, -0.2) is 4.98 Å². The van der Waals surface area contributed by atoms with Gasteiger partial charge >= 0.3 is 0 Å². The van der Waals surface area contributed by atoms with Crippen LogP contribution in [0.25, 0.3) is 0 Å². The molecule has 1 rings (SSSR count). The molecule has 1 aromatic rings. The molecule has 1 aromatic heterocycles. The lowest BCUT2D eigenvalue weighted by atomic mass is 10.1. The maximum absolute atomic E-state index is 10.9. The van der Waals surface area contributed by atoms with E-state index in [0.717, 1.165) is 6.33 Å². The molecule has 4 N–H and O–H groups in total. The third-order valence-corrected chi connectivity index (χ3v) is 1.69. The van der Waals surface area contributed by atoms with E-state index in [2.05, 4.69) is 9.97 Å². The molecule has 6 nitrogen and oxygen atoms in total. The molecule has 0 aliphatic heterocycles. The molecule has 0 aliphatic rings. The summed E-state index contributed by atoms with van der Waals surface area (Å²) in [6, 6.07) is 0. The van der Waals surface area contributed by atoms with Crippen LogP contribution in [-0.4, -0.2) is 21.0 Å².